The maximum absolute atomic E-state index is 6.63. The van der Waals surface area contributed by atoms with Crippen LogP contribution in [0.3, 0.4) is 0 Å². The van der Waals surface area contributed by atoms with Crippen molar-refractivity contribution in [2.24, 2.45) is 0 Å². The quantitative estimate of drug-likeness (QED) is 0.137. The fourth-order valence-electron chi connectivity index (χ4n) is 4.76. The molecule has 2 N–H and O–H groups in total. The molecule has 0 atom stereocenters. The Hall–Kier alpha value is -3.04. The van der Waals surface area contributed by atoms with E-state index < -0.39 is 8.07 Å². The van der Waals surface area contributed by atoms with Crippen molar-refractivity contribution in [2.75, 3.05) is 50.5 Å². The number of hydrogen-bond acceptors (Lipinski definition) is 6. The van der Waals surface area contributed by atoms with Gasteiger partial charge in [0.1, 0.15) is 23.2 Å². The second-order valence-corrected chi connectivity index (χ2v) is 17.5. The molecule has 0 spiro atoms. The van der Waals surface area contributed by atoms with Gasteiger partial charge in [-0.15, -0.1) is 0 Å². The van der Waals surface area contributed by atoms with Gasteiger partial charge < -0.3 is 29.6 Å². The number of likely N-dealkylation sites (N-methyl/N-ethyl adjacent to an activating group) is 1. The maximum atomic E-state index is 6.63. The van der Waals surface area contributed by atoms with Gasteiger partial charge in [-0.1, -0.05) is 49.4 Å². The average Bonchev–Trinajstić information content (AvgIpc) is 3.27. The second-order valence-electron chi connectivity index (χ2n) is 11.5. The topological polar surface area (TPSA) is 68.8 Å². The van der Waals surface area contributed by atoms with Gasteiger partial charge in [0.05, 0.1) is 17.3 Å². The summed E-state index contributed by atoms with van der Waals surface area (Å²) in [5, 5.41) is 1.27. The van der Waals surface area contributed by atoms with E-state index in [1.54, 1.807) is 12.3 Å². The van der Waals surface area contributed by atoms with Gasteiger partial charge in [0.2, 0.25) is 0 Å². The zero-order valence-electron chi connectivity index (χ0n) is 23.3. The summed E-state index contributed by atoms with van der Waals surface area (Å²) in [6.45, 7) is 12.4. The molecule has 1 aliphatic rings. The lowest BCUT2D eigenvalue weighted by molar-refractivity contribution is 0.0909. The minimum absolute atomic E-state index is 0.399. The van der Waals surface area contributed by atoms with E-state index in [4.69, 9.17) is 31.8 Å². The number of anilines is 2. The van der Waals surface area contributed by atoms with Gasteiger partial charge >= 0.3 is 0 Å². The van der Waals surface area contributed by atoms with Crippen LogP contribution in [0.25, 0.3) is 22.3 Å². The highest BCUT2D eigenvalue weighted by Gasteiger charge is 2.20. The smallest absolute Gasteiger partial charge is 0.158 e. The van der Waals surface area contributed by atoms with E-state index in [0.717, 1.165) is 61.1 Å². The Labute approximate surface area is 237 Å². The van der Waals surface area contributed by atoms with Crippen LogP contribution in [0.15, 0.2) is 60.8 Å². The molecule has 4 aromatic rings. The second kappa shape index (κ2) is 11.6. The normalized spacial score (nSPS) is 14.7. The Morgan fingerprint density at radius 2 is 1.74 bits per heavy atom. The summed E-state index contributed by atoms with van der Waals surface area (Å²) in [6, 6.07) is 19.3. The van der Waals surface area contributed by atoms with Crippen LogP contribution < -0.4 is 15.4 Å². The third kappa shape index (κ3) is 6.58. The summed E-state index contributed by atoms with van der Waals surface area (Å²) in [5.74, 6) is 1.19. The fourth-order valence-corrected chi connectivity index (χ4v) is 5.71. The first kappa shape index (κ1) is 27.5. The molecule has 3 heterocycles. The van der Waals surface area contributed by atoms with Crippen LogP contribution in [0.2, 0.25) is 30.7 Å². The fraction of sp³-hybridized carbons (Fsp3) is 0.367. The van der Waals surface area contributed by atoms with Crippen molar-refractivity contribution >= 4 is 42.1 Å². The molecule has 0 amide bonds. The van der Waals surface area contributed by atoms with E-state index in [-0.39, 0.29) is 0 Å². The van der Waals surface area contributed by atoms with E-state index in [1.165, 1.54) is 5.69 Å². The van der Waals surface area contributed by atoms with Crippen molar-refractivity contribution in [3.05, 3.63) is 65.8 Å². The number of benzene rings is 2. The van der Waals surface area contributed by atoms with Gasteiger partial charge in [0.15, 0.2) is 5.75 Å². The minimum atomic E-state index is -1.21. The Bertz CT molecular complexity index is 1430. The maximum Gasteiger partial charge on any atom is 0.158 e. The molecular formula is C30H38ClN5O2Si. The predicted molar refractivity (Wildman–Crippen MR) is 165 cm³/mol. The number of ether oxygens (including phenoxy) is 2. The van der Waals surface area contributed by atoms with Crippen LogP contribution in [0.1, 0.15) is 0 Å². The summed E-state index contributed by atoms with van der Waals surface area (Å²) in [6.07, 6.45) is 1.64. The molecule has 2 aromatic carbocycles. The van der Waals surface area contributed by atoms with Crippen LogP contribution in [0.5, 0.6) is 11.5 Å². The highest BCUT2D eigenvalue weighted by Crippen LogP contribution is 2.40. The van der Waals surface area contributed by atoms with Gasteiger partial charge in [0.25, 0.3) is 0 Å². The van der Waals surface area contributed by atoms with Crippen molar-refractivity contribution in [3.8, 4) is 22.8 Å². The summed E-state index contributed by atoms with van der Waals surface area (Å²) in [4.78, 5) is 9.52. The van der Waals surface area contributed by atoms with Crippen LogP contribution in [0.4, 0.5) is 11.4 Å². The highest BCUT2D eigenvalue weighted by atomic mass is 35.5. The SMILES string of the molecule is CN1CCN(c2ccc(-c3cc4c(Oc5cccc(N)c5)c(Cl)cnc4n3COCC[Si](C)(C)C)cc2)CC1. The van der Waals surface area contributed by atoms with Crippen molar-refractivity contribution < 1.29 is 9.47 Å². The number of halogens is 1. The predicted octanol–water partition coefficient (Wildman–Crippen LogP) is 6.80. The zero-order valence-corrected chi connectivity index (χ0v) is 25.0. The lowest BCUT2D eigenvalue weighted by Gasteiger charge is -2.34. The van der Waals surface area contributed by atoms with Crippen molar-refractivity contribution in [1.82, 2.24) is 14.5 Å². The molecule has 39 heavy (non-hydrogen) atoms. The molecular weight excluding hydrogens is 526 g/mol. The molecule has 1 aliphatic heterocycles. The molecule has 9 heteroatoms. The van der Waals surface area contributed by atoms with Gasteiger partial charge in [-0.3, -0.25) is 0 Å². The Balaban J connectivity index is 1.51. The average molecular weight is 564 g/mol. The van der Waals surface area contributed by atoms with E-state index in [2.05, 4.69) is 71.4 Å². The lowest BCUT2D eigenvalue weighted by atomic mass is 10.1. The summed E-state index contributed by atoms with van der Waals surface area (Å²) in [7, 11) is 0.969. The lowest BCUT2D eigenvalue weighted by Crippen LogP contribution is -2.44. The van der Waals surface area contributed by atoms with Crippen molar-refractivity contribution in [1.29, 1.82) is 0 Å². The van der Waals surface area contributed by atoms with Crippen LogP contribution >= 0.6 is 11.6 Å². The van der Waals surface area contributed by atoms with Crippen LogP contribution in [-0.4, -0.2) is 62.4 Å². The van der Waals surface area contributed by atoms with Gasteiger partial charge in [-0.2, -0.15) is 0 Å². The van der Waals surface area contributed by atoms with Crippen LogP contribution in [-0.2, 0) is 11.5 Å². The summed E-state index contributed by atoms with van der Waals surface area (Å²) >= 11 is 6.63. The number of hydrogen-bond donors (Lipinski definition) is 1. The summed E-state index contributed by atoms with van der Waals surface area (Å²) in [5.41, 5.74) is 10.7. The van der Waals surface area contributed by atoms with Crippen molar-refractivity contribution in [2.45, 2.75) is 32.4 Å². The molecule has 0 saturated carbocycles. The molecule has 7 nitrogen and oxygen atoms in total. The largest absolute Gasteiger partial charge is 0.455 e. The number of aromatic nitrogens is 2. The number of piperazine rings is 1. The number of rotatable bonds is 9. The number of pyridine rings is 1. The van der Waals surface area contributed by atoms with Gasteiger partial charge in [-0.05, 0) is 49.0 Å². The highest BCUT2D eigenvalue weighted by molar-refractivity contribution is 6.76. The molecule has 0 aliphatic carbocycles. The van der Waals surface area contributed by atoms with E-state index in [9.17, 15) is 0 Å². The molecule has 2 aromatic heterocycles. The van der Waals surface area contributed by atoms with E-state index >= 15 is 0 Å². The minimum Gasteiger partial charge on any atom is -0.455 e. The van der Waals surface area contributed by atoms with Crippen LogP contribution in [0, 0.1) is 0 Å². The monoisotopic (exact) mass is 563 g/mol. The molecule has 0 radical (unpaired) electrons. The Morgan fingerprint density at radius 3 is 2.44 bits per heavy atom. The van der Waals surface area contributed by atoms with E-state index in [0.29, 0.717) is 28.9 Å². The Kier molecular flexibility index (Phi) is 8.18. The molecule has 0 bridgehead atoms. The number of nitrogens with two attached hydrogens (primary N) is 1. The van der Waals surface area contributed by atoms with E-state index in [1.807, 2.05) is 18.2 Å². The third-order valence-corrected chi connectivity index (χ3v) is 9.13. The van der Waals surface area contributed by atoms with Crippen molar-refractivity contribution in [3.63, 3.8) is 0 Å². The van der Waals surface area contributed by atoms with Gasteiger partial charge in [-0.25, -0.2) is 4.98 Å². The number of fused-ring (bicyclic) bond motifs is 1. The van der Waals surface area contributed by atoms with Gasteiger partial charge in [0, 0.05) is 58.3 Å². The number of nitrogens with zero attached hydrogens (tertiary/aromatic N) is 4. The molecule has 1 fully saturated rings. The zero-order chi connectivity index (χ0) is 27.6. The Morgan fingerprint density at radius 1 is 1.00 bits per heavy atom. The third-order valence-electron chi connectivity index (χ3n) is 7.16. The molecule has 206 valence electrons. The standard InChI is InChI=1S/C30H38ClN5O2Si/c1-34-12-14-35(15-13-34)24-10-8-22(9-11-24)28-19-26-29(38-25-7-5-6-23(32)18-25)27(31)20-33-30(26)36(28)21-37-16-17-39(2,3)4/h5-11,18-20H,12-17,21,32H2,1-4H3. The summed E-state index contributed by atoms with van der Waals surface area (Å²) < 4.78 is 14.6. The first-order valence-electron chi connectivity index (χ1n) is 13.5. The molecule has 0 unspecified atom stereocenters. The number of nitrogen functional groups attached to an aromatic ring is 1. The first-order chi connectivity index (χ1) is 18.7. The molecule has 1 saturated heterocycles. The molecule has 5 rings (SSSR count). The first-order valence-corrected chi connectivity index (χ1v) is 17.6.